The number of carbonyl (C=O) groups excluding carboxylic acids is 1. The highest BCUT2D eigenvalue weighted by Crippen LogP contribution is 2.19. The van der Waals surface area contributed by atoms with Gasteiger partial charge in [-0.05, 0) is 5.41 Å². The highest BCUT2D eigenvalue weighted by Gasteiger charge is 2.29. The zero-order chi connectivity index (χ0) is 13.1. The Bertz CT molecular complexity index is 372. The summed E-state index contributed by atoms with van der Waals surface area (Å²) in [5.41, 5.74) is 6.43. The van der Waals surface area contributed by atoms with Crippen molar-refractivity contribution < 1.29 is 4.79 Å². The third-order valence-corrected chi connectivity index (χ3v) is 2.59. The van der Waals surface area contributed by atoms with Gasteiger partial charge in [0.15, 0.2) is 0 Å². The van der Waals surface area contributed by atoms with E-state index in [0.717, 1.165) is 5.69 Å². The number of likely N-dealkylation sites (N-methyl/N-ethyl adjacent to an activating group) is 1. The molecule has 5 nitrogen and oxygen atoms in total. The summed E-state index contributed by atoms with van der Waals surface area (Å²) in [4.78, 5) is 21.7. The van der Waals surface area contributed by atoms with Crippen LogP contribution in [-0.4, -0.2) is 33.9 Å². The van der Waals surface area contributed by atoms with Gasteiger partial charge in [-0.2, -0.15) is 0 Å². The molecule has 1 heterocycles. The molecule has 0 aliphatic carbocycles. The Morgan fingerprint density at radius 3 is 2.59 bits per heavy atom. The van der Waals surface area contributed by atoms with Crippen LogP contribution in [0.25, 0.3) is 0 Å². The highest BCUT2D eigenvalue weighted by atomic mass is 16.2. The number of nitrogens with zero attached hydrogens (tertiary/aromatic N) is 3. The molecule has 0 spiro atoms. The van der Waals surface area contributed by atoms with E-state index in [1.165, 1.54) is 0 Å². The van der Waals surface area contributed by atoms with Crippen molar-refractivity contribution in [2.24, 2.45) is 11.1 Å². The zero-order valence-electron chi connectivity index (χ0n) is 10.8. The van der Waals surface area contributed by atoms with Crippen LogP contribution in [0, 0.1) is 5.41 Å². The number of carbonyl (C=O) groups is 1. The third kappa shape index (κ3) is 3.78. The van der Waals surface area contributed by atoms with Gasteiger partial charge in [0.2, 0.25) is 5.91 Å². The number of nitrogens with two attached hydrogens (primary N) is 1. The second-order valence-corrected chi connectivity index (χ2v) is 5.23. The molecule has 1 amide bonds. The van der Waals surface area contributed by atoms with Gasteiger partial charge in [0.1, 0.15) is 0 Å². The molecule has 0 aliphatic rings. The van der Waals surface area contributed by atoms with Crippen molar-refractivity contribution in [3.8, 4) is 0 Å². The molecule has 0 radical (unpaired) electrons. The van der Waals surface area contributed by atoms with Crippen LogP contribution in [0.4, 0.5) is 0 Å². The van der Waals surface area contributed by atoms with Gasteiger partial charge in [-0.3, -0.25) is 14.8 Å². The molecule has 0 fully saturated rings. The Morgan fingerprint density at radius 1 is 1.47 bits per heavy atom. The van der Waals surface area contributed by atoms with E-state index in [0.29, 0.717) is 6.54 Å². The summed E-state index contributed by atoms with van der Waals surface area (Å²) in [6.07, 6.45) is 4.86. The molecule has 0 aliphatic heterocycles. The molecular formula is C12H20N4O. The Morgan fingerprint density at radius 2 is 2.12 bits per heavy atom. The first-order chi connectivity index (χ1) is 7.82. The molecule has 5 heteroatoms. The Hall–Kier alpha value is -1.49. The quantitative estimate of drug-likeness (QED) is 0.843. The fraction of sp³-hybridized carbons (Fsp3) is 0.583. The van der Waals surface area contributed by atoms with Gasteiger partial charge < -0.3 is 10.6 Å². The van der Waals surface area contributed by atoms with Crippen molar-refractivity contribution >= 4 is 5.91 Å². The lowest BCUT2D eigenvalue weighted by atomic mass is 9.86. The van der Waals surface area contributed by atoms with Gasteiger partial charge in [-0.1, -0.05) is 20.8 Å². The molecule has 94 valence electrons. The lowest BCUT2D eigenvalue weighted by molar-refractivity contribution is -0.134. The van der Waals surface area contributed by atoms with Gasteiger partial charge in [0.05, 0.1) is 24.5 Å². The third-order valence-electron chi connectivity index (χ3n) is 2.59. The molecule has 1 atom stereocenters. The van der Waals surface area contributed by atoms with E-state index in [4.69, 9.17) is 5.73 Å². The average molecular weight is 236 g/mol. The summed E-state index contributed by atoms with van der Waals surface area (Å²) in [6, 6.07) is -0.510. The molecule has 17 heavy (non-hydrogen) atoms. The molecular weight excluding hydrogens is 216 g/mol. The Kier molecular flexibility index (Phi) is 4.17. The second kappa shape index (κ2) is 5.23. The van der Waals surface area contributed by atoms with Crippen LogP contribution in [0.5, 0.6) is 0 Å². The van der Waals surface area contributed by atoms with E-state index >= 15 is 0 Å². The van der Waals surface area contributed by atoms with Crippen molar-refractivity contribution in [1.82, 2.24) is 14.9 Å². The number of rotatable bonds is 3. The number of amides is 1. The molecule has 2 N–H and O–H groups in total. The van der Waals surface area contributed by atoms with Crippen molar-refractivity contribution in [3.63, 3.8) is 0 Å². The summed E-state index contributed by atoms with van der Waals surface area (Å²) < 4.78 is 0. The summed E-state index contributed by atoms with van der Waals surface area (Å²) in [5.74, 6) is -0.0804. The minimum atomic E-state index is -0.510. The molecule has 1 aromatic heterocycles. The van der Waals surface area contributed by atoms with E-state index < -0.39 is 6.04 Å². The second-order valence-electron chi connectivity index (χ2n) is 5.23. The summed E-state index contributed by atoms with van der Waals surface area (Å²) in [5, 5.41) is 0. The standard InChI is InChI=1S/C12H20N4O/c1-12(2,3)10(13)11(17)16(4)8-9-7-14-5-6-15-9/h5-7,10H,8,13H2,1-4H3/t10-/m1/s1. The minimum absolute atomic E-state index is 0.0804. The molecule has 0 bridgehead atoms. The van der Waals surface area contributed by atoms with Crippen molar-refractivity contribution in [2.45, 2.75) is 33.4 Å². The highest BCUT2D eigenvalue weighted by molar-refractivity contribution is 5.82. The molecule has 0 aromatic carbocycles. The van der Waals surface area contributed by atoms with Crippen LogP contribution < -0.4 is 5.73 Å². The van der Waals surface area contributed by atoms with Crippen LogP contribution in [-0.2, 0) is 11.3 Å². The Labute approximate surface area is 102 Å². The van der Waals surface area contributed by atoms with Crippen molar-refractivity contribution in [2.75, 3.05) is 7.05 Å². The first-order valence-electron chi connectivity index (χ1n) is 5.58. The van der Waals surface area contributed by atoms with Gasteiger partial charge in [-0.15, -0.1) is 0 Å². The van der Waals surface area contributed by atoms with Gasteiger partial charge in [0.25, 0.3) is 0 Å². The topological polar surface area (TPSA) is 72.1 Å². The molecule has 0 saturated carbocycles. The maximum Gasteiger partial charge on any atom is 0.240 e. The smallest absolute Gasteiger partial charge is 0.240 e. The maximum absolute atomic E-state index is 12.0. The van der Waals surface area contributed by atoms with Gasteiger partial charge >= 0.3 is 0 Å². The van der Waals surface area contributed by atoms with Crippen LogP contribution in [0.1, 0.15) is 26.5 Å². The van der Waals surface area contributed by atoms with E-state index in [1.54, 1.807) is 30.5 Å². The van der Waals surface area contributed by atoms with E-state index in [9.17, 15) is 4.79 Å². The van der Waals surface area contributed by atoms with Crippen LogP contribution in [0.3, 0.4) is 0 Å². The predicted octanol–water partition coefficient (Wildman–Crippen LogP) is 0.808. The minimum Gasteiger partial charge on any atom is -0.338 e. The number of aromatic nitrogens is 2. The first-order valence-corrected chi connectivity index (χ1v) is 5.58. The van der Waals surface area contributed by atoms with E-state index in [2.05, 4.69) is 9.97 Å². The normalized spacial score (nSPS) is 13.2. The van der Waals surface area contributed by atoms with Crippen molar-refractivity contribution in [3.05, 3.63) is 24.3 Å². The molecule has 1 rings (SSSR count). The van der Waals surface area contributed by atoms with Crippen LogP contribution >= 0.6 is 0 Å². The fourth-order valence-corrected chi connectivity index (χ4v) is 1.34. The summed E-state index contributed by atoms with van der Waals surface area (Å²) in [6.45, 7) is 6.28. The van der Waals surface area contributed by atoms with Crippen molar-refractivity contribution in [1.29, 1.82) is 0 Å². The Balaban J connectivity index is 2.65. The largest absolute Gasteiger partial charge is 0.338 e. The monoisotopic (exact) mass is 236 g/mol. The maximum atomic E-state index is 12.0. The SMILES string of the molecule is CN(Cc1cnccn1)C(=O)[C@@H](N)C(C)(C)C. The fourth-order valence-electron chi connectivity index (χ4n) is 1.34. The molecule has 0 unspecified atom stereocenters. The molecule has 1 aromatic rings. The summed E-state index contributed by atoms with van der Waals surface area (Å²) >= 11 is 0. The first kappa shape index (κ1) is 13.6. The lowest BCUT2D eigenvalue weighted by Crippen LogP contribution is -2.49. The number of hydrogen-bond donors (Lipinski definition) is 1. The lowest BCUT2D eigenvalue weighted by Gasteiger charge is -2.29. The van der Waals surface area contributed by atoms with Gasteiger partial charge in [-0.25, -0.2) is 0 Å². The van der Waals surface area contributed by atoms with Crippen LogP contribution in [0.2, 0.25) is 0 Å². The number of hydrogen-bond acceptors (Lipinski definition) is 4. The zero-order valence-corrected chi connectivity index (χ0v) is 10.8. The molecule has 0 saturated heterocycles. The predicted molar refractivity (Wildman–Crippen MR) is 65.9 cm³/mol. The van der Waals surface area contributed by atoms with Gasteiger partial charge in [0, 0.05) is 19.4 Å². The average Bonchev–Trinajstić information content (AvgIpc) is 2.27. The van der Waals surface area contributed by atoms with Crippen LogP contribution in [0.15, 0.2) is 18.6 Å². The summed E-state index contributed by atoms with van der Waals surface area (Å²) in [7, 11) is 1.72. The van der Waals surface area contributed by atoms with E-state index in [1.807, 2.05) is 20.8 Å². The van der Waals surface area contributed by atoms with E-state index in [-0.39, 0.29) is 11.3 Å².